The molecular formula is C48H29N3O. The Morgan fingerprint density at radius 3 is 1.10 bits per heavy atom. The van der Waals surface area contributed by atoms with Crippen molar-refractivity contribution in [2.75, 3.05) is 0 Å². The minimum atomic E-state index is 0.895. The van der Waals surface area contributed by atoms with Gasteiger partial charge in [-0.3, -0.25) is 0 Å². The van der Waals surface area contributed by atoms with Crippen LogP contribution in [0.5, 0.6) is 0 Å². The van der Waals surface area contributed by atoms with E-state index in [1.807, 2.05) is 12.1 Å². The molecule has 52 heavy (non-hydrogen) atoms. The fraction of sp³-hybridized carbons (Fsp3) is 0. The van der Waals surface area contributed by atoms with Gasteiger partial charge in [-0.15, -0.1) is 0 Å². The van der Waals surface area contributed by atoms with Gasteiger partial charge < -0.3 is 18.1 Å². The van der Waals surface area contributed by atoms with Crippen LogP contribution in [0.4, 0.5) is 0 Å². The third-order valence-electron chi connectivity index (χ3n) is 11.0. The minimum Gasteiger partial charge on any atom is -0.456 e. The van der Waals surface area contributed by atoms with Gasteiger partial charge in [-0.25, -0.2) is 0 Å². The maximum Gasteiger partial charge on any atom is 0.137 e. The van der Waals surface area contributed by atoms with E-state index in [1.165, 1.54) is 59.9 Å². The van der Waals surface area contributed by atoms with Gasteiger partial charge in [-0.1, -0.05) is 91.0 Å². The second kappa shape index (κ2) is 10.3. The van der Waals surface area contributed by atoms with Crippen LogP contribution in [0.25, 0.3) is 104 Å². The summed E-state index contributed by atoms with van der Waals surface area (Å²) in [6.07, 6.45) is 0. The fourth-order valence-corrected chi connectivity index (χ4v) is 8.81. The molecule has 0 aliphatic rings. The van der Waals surface area contributed by atoms with E-state index in [-0.39, 0.29) is 0 Å². The zero-order chi connectivity index (χ0) is 33.9. The number of benzene rings is 8. The quantitative estimate of drug-likeness (QED) is 0.185. The van der Waals surface area contributed by atoms with E-state index < -0.39 is 0 Å². The molecule has 8 aromatic carbocycles. The summed E-state index contributed by atoms with van der Waals surface area (Å²) in [5, 5.41) is 9.72. The van der Waals surface area contributed by atoms with E-state index in [4.69, 9.17) is 4.42 Å². The molecule has 0 saturated carbocycles. The van der Waals surface area contributed by atoms with E-state index in [9.17, 15) is 0 Å². The van der Waals surface area contributed by atoms with E-state index in [1.54, 1.807) is 0 Å². The third kappa shape index (κ3) is 3.70. The Bertz CT molecular complexity index is 3370. The summed E-state index contributed by atoms with van der Waals surface area (Å²) in [5.41, 5.74) is 12.3. The maximum atomic E-state index is 6.32. The highest BCUT2D eigenvalue weighted by molar-refractivity contribution is 6.14. The Kier molecular flexibility index (Phi) is 5.47. The van der Waals surface area contributed by atoms with Crippen LogP contribution < -0.4 is 0 Å². The van der Waals surface area contributed by atoms with E-state index in [0.29, 0.717) is 0 Å². The Hall–Kier alpha value is -7.04. The number of fused-ring (bicyclic) bond motifs is 12. The second-order valence-electron chi connectivity index (χ2n) is 13.8. The van der Waals surface area contributed by atoms with Crippen LogP contribution in [0.1, 0.15) is 0 Å². The summed E-state index contributed by atoms with van der Waals surface area (Å²) in [5.74, 6) is 0. The molecule has 0 atom stereocenters. The molecule has 242 valence electrons. The Labute approximate surface area is 297 Å². The van der Waals surface area contributed by atoms with Gasteiger partial charge in [0.1, 0.15) is 11.2 Å². The lowest BCUT2D eigenvalue weighted by atomic mass is 10.1. The predicted molar refractivity (Wildman–Crippen MR) is 217 cm³/mol. The highest BCUT2D eigenvalue weighted by Gasteiger charge is 2.19. The van der Waals surface area contributed by atoms with Crippen molar-refractivity contribution < 1.29 is 4.42 Å². The zero-order valence-corrected chi connectivity index (χ0v) is 28.0. The number of para-hydroxylation sites is 5. The van der Waals surface area contributed by atoms with Gasteiger partial charge in [-0.05, 0) is 78.9 Å². The summed E-state index contributed by atoms with van der Waals surface area (Å²) >= 11 is 0. The maximum absolute atomic E-state index is 6.32. The molecule has 4 nitrogen and oxygen atoms in total. The largest absolute Gasteiger partial charge is 0.456 e. The number of hydrogen-bond donors (Lipinski definition) is 0. The minimum absolute atomic E-state index is 0.895. The Morgan fingerprint density at radius 1 is 0.250 bits per heavy atom. The van der Waals surface area contributed by atoms with Gasteiger partial charge >= 0.3 is 0 Å². The first-order valence-electron chi connectivity index (χ1n) is 17.8. The molecule has 0 unspecified atom stereocenters. The lowest BCUT2D eigenvalue weighted by molar-refractivity contribution is 0.668. The van der Waals surface area contributed by atoms with Crippen molar-refractivity contribution in [1.82, 2.24) is 13.7 Å². The normalized spacial score (nSPS) is 12.2. The van der Waals surface area contributed by atoms with Gasteiger partial charge in [0.25, 0.3) is 0 Å². The van der Waals surface area contributed by atoms with E-state index >= 15 is 0 Å². The summed E-state index contributed by atoms with van der Waals surface area (Å²) in [6.45, 7) is 0. The van der Waals surface area contributed by atoms with Crippen LogP contribution in [-0.4, -0.2) is 13.7 Å². The van der Waals surface area contributed by atoms with Gasteiger partial charge in [0.2, 0.25) is 0 Å². The molecule has 0 saturated heterocycles. The average Bonchev–Trinajstić information content (AvgIpc) is 3.93. The number of rotatable bonds is 3. The van der Waals surface area contributed by atoms with Crippen molar-refractivity contribution in [3.05, 3.63) is 176 Å². The molecule has 0 spiro atoms. The van der Waals surface area contributed by atoms with Gasteiger partial charge in [0.15, 0.2) is 0 Å². The highest BCUT2D eigenvalue weighted by atomic mass is 16.3. The lowest BCUT2D eigenvalue weighted by Crippen LogP contribution is -1.96. The molecule has 0 aliphatic heterocycles. The van der Waals surface area contributed by atoms with Crippen LogP contribution in [0.3, 0.4) is 0 Å². The summed E-state index contributed by atoms with van der Waals surface area (Å²) in [7, 11) is 0. The van der Waals surface area contributed by atoms with Crippen molar-refractivity contribution in [2.45, 2.75) is 0 Å². The number of aromatic nitrogens is 3. The Morgan fingerprint density at radius 2 is 0.596 bits per heavy atom. The zero-order valence-electron chi connectivity index (χ0n) is 28.0. The first kappa shape index (κ1) is 27.7. The molecule has 0 aliphatic carbocycles. The molecule has 0 radical (unpaired) electrons. The van der Waals surface area contributed by atoms with Crippen LogP contribution in [0, 0.1) is 0 Å². The van der Waals surface area contributed by atoms with E-state index in [0.717, 1.165) is 44.5 Å². The molecule has 4 heteroatoms. The van der Waals surface area contributed by atoms with Gasteiger partial charge in [0.05, 0.1) is 33.1 Å². The van der Waals surface area contributed by atoms with Crippen molar-refractivity contribution in [3.63, 3.8) is 0 Å². The summed E-state index contributed by atoms with van der Waals surface area (Å²) in [6, 6.07) is 63.6. The SMILES string of the molecule is c1ccc2c(c1)oc1cc(-n3c4ccccc4c4cc(-n5c6ccccc6c6cc(-n7c8ccccc8c8ccccc87)ccc65)ccc43)ccc12. The average molecular weight is 664 g/mol. The molecule has 4 aromatic heterocycles. The molecule has 0 amide bonds. The van der Waals surface area contributed by atoms with Crippen LogP contribution in [0.2, 0.25) is 0 Å². The topological polar surface area (TPSA) is 27.9 Å². The molecule has 4 heterocycles. The molecule has 0 N–H and O–H groups in total. The fourth-order valence-electron chi connectivity index (χ4n) is 8.81. The molecule has 12 aromatic rings. The number of hydrogen-bond acceptors (Lipinski definition) is 1. The van der Waals surface area contributed by atoms with Crippen molar-refractivity contribution in [2.24, 2.45) is 0 Å². The molecule has 12 rings (SSSR count). The number of nitrogens with zero attached hydrogens (tertiary/aromatic N) is 3. The first-order chi connectivity index (χ1) is 25.8. The van der Waals surface area contributed by atoms with Crippen molar-refractivity contribution in [1.29, 1.82) is 0 Å². The Balaban J connectivity index is 1.08. The van der Waals surface area contributed by atoms with Crippen LogP contribution >= 0.6 is 0 Å². The lowest BCUT2D eigenvalue weighted by Gasteiger charge is -2.11. The van der Waals surface area contributed by atoms with Crippen LogP contribution in [-0.2, 0) is 0 Å². The highest BCUT2D eigenvalue weighted by Crippen LogP contribution is 2.40. The van der Waals surface area contributed by atoms with Gasteiger partial charge in [-0.2, -0.15) is 0 Å². The van der Waals surface area contributed by atoms with Gasteiger partial charge in [0, 0.05) is 66.2 Å². The first-order valence-corrected chi connectivity index (χ1v) is 17.8. The van der Waals surface area contributed by atoms with Crippen molar-refractivity contribution in [3.8, 4) is 17.1 Å². The summed E-state index contributed by atoms with van der Waals surface area (Å²) < 4.78 is 13.5. The molecule has 0 fully saturated rings. The third-order valence-corrected chi connectivity index (χ3v) is 11.0. The second-order valence-corrected chi connectivity index (χ2v) is 13.8. The standard InChI is InChI=1S/C48H29N3O/c1-6-16-41-33(11-1)34-12-2-7-17-42(34)49(41)30-22-25-45-39(27-30)35-13-3-8-18-43(35)50(45)31-23-26-46-40(28-31)36-14-4-9-19-44(36)51(46)32-21-24-38-37-15-5-10-20-47(37)52-48(38)29-32/h1-29H. The predicted octanol–water partition coefficient (Wildman–Crippen LogP) is 12.9. The van der Waals surface area contributed by atoms with Crippen molar-refractivity contribution >= 4 is 87.4 Å². The summed E-state index contributed by atoms with van der Waals surface area (Å²) in [4.78, 5) is 0. The number of furan rings is 1. The molecular weight excluding hydrogens is 635 g/mol. The van der Waals surface area contributed by atoms with Crippen LogP contribution in [0.15, 0.2) is 180 Å². The monoisotopic (exact) mass is 663 g/mol. The molecule has 0 bridgehead atoms. The van der Waals surface area contributed by atoms with E-state index in [2.05, 4.69) is 177 Å². The smallest absolute Gasteiger partial charge is 0.137 e.